The summed E-state index contributed by atoms with van der Waals surface area (Å²) in [5.41, 5.74) is 4.93. The van der Waals surface area contributed by atoms with E-state index >= 15 is 0 Å². The first-order valence-corrected chi connectivity index (χ1v) is 14.1. The number of rotatable bonds is 12. The highest BCUT2D eigenvalue weighted by molar-refractivity contribution is 5.67. The smallest absolute Gasteiger partial charge is 0.239 e. The Morgan fingerprint density at radius 1 is 0.925 bits per heavy atom. The first-order valence-electron chi connectivity index (χ1n) is 14.1. The minimum Gasteiger partial charge on any atom is -0.497 e. The maximum atomic E-state index is 10.7. The molecule has 3 aromatic rings. The molecule has 0 saturated carbocycles. The van der Waals surface area contributed by atoms with Crippen LogP contribution in [0.1, 0.15) is 62.8 Å². The topological polar surface area (TPSA) is 126 Å². The summed E-state index contributed by atoms with van der Waals surface area (Å²) < 4.78 is 19.0. The summed E-state index contributed by atoms with van der Waals surface area (Å²) in [5, 5.41) is 45.6. The molecule has 5 atom stereocenters. The van der Waals surface area contributed by atoms with Crippen LogP contribution in [0, 0.1) is 0 Å². The second-order valence-electron chi connectivity index (χ2n) is 10.7. The molecule has 9 nitrogen and oxygen atoms in total. The van der Waals surface area contributed by atoms with Crippen molar-refractivity contribution in [2.45, 2.75) is 89.6 Å². The number of methoxy groups -OCH3 is 1. The SMILES string of the molecule is CCCCCc1ccc(-c2c(Cc3ccc(OC)cc3)c(O[C@@H]3O[C@H](CO)[C@@H](O)[C@H](O)[C@H]3O)nn2C(C)C)cc1. The standard InChI is InChI=1S/C31H42N2O7/c1-5-6-7-8-20-9-13-22(14-10-20)26-24(17-21-11-15-23(38-4)16-12-21)30(32-33(26)19(2)3)40-31-29(37)28(36)27(35)25(18-34)39-31/h9-16,19,25,27-29,31,34-37H,5-8,17-18H2,1-4H3/t25-,27-,28+,29-,31+/m1/s1. The van der Waals surface area contributed by atoms with Gasteiger partial charge in [0, 0.05) is 23.6 Å². The molecule has 0 amide bonds. The molecule has 218 valence electrons. The predicted molar refractivity (Wildman–Crippen MR) is 151 cm³/mol. The molecule has 2 heterocycles. The molecule has 0 unspecified atom stereocenters. The number of benzene rings is 2. The number of aromatic nitrogens is 2. The Morgan fingerprint density at radius 3 is 2.20 bits per heavy atom. The van der Waals surface area contributed by atoms with E-state index in [1.54, 1.807) is 7.11 Å². The van der Waals surface area contributed by atoms with Gasteiger partial charge in [-0.25, -0.2) is 0 Å². The van der Waals surface area contributed by atoms with Crippen molar-refractivity contribution in [1.29, 1.82) is 0 Å². The lowest BCUT2D eigenvalue weighted by Crippen LogP contribution is -2.60. The van der Waals surface area contributed by atoms with E-state index in [9.17, 15) is 20.4 Å². The number of unbranched alkanes of at least 4 members (excludes halogenated alkanes) is 2. The van der Waals surface area contributed by atoms with Crippen LogP contribution >= 0.6 is 0 Å². The van der Waals surface area contributed by atoms with E-state index in [2.05, 4.69) is 31.2 Å². The van der Waals surface area contributed by atoms with Gasteiger partial charge in [0.1, 0.15) is 30.2 Å². The highest BCUT2D eigenvalue weighted by Crippen LogP contribution is 2.37. The number of aliphatic hydroxyl groups is 4. The van der Waals surface area contributed by atoms with Crippen molar-refractivity contribution < 1.29 is 34.6 Å². The lowest BCUT2D eigenvalue weighted by Gasteiger charge is -2.39. The summed E-state index contributed by atoms with van der Waals surface area (Å²) in [6.45, 7) is 5.72. The van der Waals surface area contributed by atoms with Crippen molar-refractivity contribution in [2.75, 3.05) is 13.7 Å². The Bertz CT molecular complexity index is 1210. The zero-order valence-electron chi connectivity index (χ0n) is 23.7. The minimum atomic E-state index is -1.55. The van der Waals surface area contributed by atoms with E-state index in [4.69, 9.17) is 19.3 Å². The summed E-state index contributed by atoms with van der Waals surface area (Å²) in [7, 11) is 1.62. The maximum absolute atomic E-state index is 10.7. The molecule has 4 rings (SSSR count). The van der Waals surface area contributed by atoms with Gasteiger partial charge in [0.2, 0.25) is 12.2 Å². The quantitative estimate of drug-likeness (QED) is 0.250. The molecular weight excluding hydrogens is 512 g/mol. The zero-order valence-corrected chi connectivity index (χ0v) is 23.7. The Kier molecular flexibility index (Phi) is 10.2. The van der Waals surface area contributed by atoms with E-state index in [-0.39, 0.29) is 11.9 Å². The summed E-state index contributed by atoms with van der Waals surface area (Å²) in [6, 6.07) is 16.2. The van der Waals surface area contributed by atoms with Crippen molar-refractivity contribution in [1.82, 2.24) is 9.78 Å². The largest absolute Gasteiger partial charge is 0.497 e. The molecule has 0 radical (unpaired) electrons. The first kappa shape index (κ1) is 30.0. The Morgan fingerprint density at radius 2 is 1.60 bits per heavy atom. The second-order valence-corrected chi connectivity index (χ2v) is 10.7. The molecule has 1 aliphatic rings. The second kappa shape index (κ2) is 13.6. The highest BCUT2D eigenvalue weighted by Gasteiger charge is 2.45. The average molecular weight is 555 g/mol. The molecule has 0 bridgehead atoms. The van der Waals surface area contributed by atoms with Gasteiger partial charge < -0.3 is 34.6 Å². The fraction of sp³-hybridized carbons (Fsp3) is 0.516. The van der Waals surface area contributed by atoms with E-state index in [1.807, 2.05) is 42.8 Å². The van der Waals surface area contributed by atoms with Crippen molar-refractivity contribution in [3.63, 3.8) is 0 Å². The molecule has 1 saturated heterocycles. The number of hydrogen-bond donors (Lipinski definition) is 4. The highest BCUT2D eigenvalue weighted by atomic mass is 16.7. The van der Waals surface area contributed by atoms with Gasteiger partial charge in [-0.05, 0) is 49.9 Å². The molecule has 1 aromatic heterocycles. The molecule has 40 heavy (non-hydrogen) atoms. The van der Waals surface area contributed by atoms with E-state index in [1.165, 1.54) is 18.4 Å². The summed E-state index contributed by atoms with van der Waals surface area (Å²) in [4.78, 5) is 0. The molecule has 4 N–H and O–H groups in total. The van der Waals surface area contributed by atoms with E-state index < -0.39 is 37.3 Å². The van der Waals surface area contributed by atoms with Gasteiger partial charge in [-0.1, -0.05) is 56.2 Å². The van der Waals surface area contributed by atoms with E-state index in [0.29, 0.717) is 6.42 Å². The number of aryl methyl sites for hydroxylation is 1. The van der Waals surface area contributed by atoms with Gasteiger partial charge in [0.25, 0.3) is 0 Å². The predicted octanol–water partition coefficient (Wildman–Crippen LogP) is 3.64. The molecule has 9 heteroatoms. The first-order chi connectivity index (χ1) is 19.3. The number of hydrogen-bond acceptors (Lipinski definition) is 8. The van der Waals surface area contributed by atoms with Gasteiger partial charge in [0.15, 0.2) is 0 Å². The van der Waals surface area contributed by atoms with Crippen LogP contribution in [0.25, 0.3) is 11.3 Å². The normalized spacial score (nSPS) is 23.0. The van der Waals surface area contributed by atoms with Crippen molar-refractivity contribution in [3.8, 4) is 22.9 Å². The summed E-state index contributed by atoms with van der Waals surface area (Å²) in [6.07, 6.45) is -1.95. The van der Waals surface area contributed by atoms with Crippen LogP contribution in [-0.4, -0.2) is 74.6 Å². The lowest BCUT2D eigenvalue weighted by molar-refractivity contribution is -0.278. The van der Waals surface area contributed by atoms with Gasteiger partial charge in [-0.15, -0.1) is 5.10 Å². The van der Waals surface area contributed by atoms with Crippen LogP contribution < -0.4 is 9.47 Å². The Hall–Kier alpha value is -2.95. The Labute approximate surface area is 236 Å². The van der Waals surface area contributed by atoms with Crippen LogP contribution in [0.15, 0.2) is 48.5 Å². The zero-order chi connectivity index (χ0) is 28.8. The third-order valence-corrected chi connectivity index (χ3v) is 7.37. The number of ether oxygens (including phenoxy) is 3. The van der Waals surface area contributed by atoms with Crippen molar-refractivity contribution in [2.24, 2.45) is 0 Å². The third-order valence-electron chi connectivity index (χ3n) is 7.37. The fourth-order valence-corrected chi connectivity index (χ4v) is 5.01. The minimum absolute atomic E-state index is 0.0130. The van der Waals surface area contributed by atoms with Crippen LogP contribution in [-0.2, 0) is 17.6 Å². The van der Waals surface area contributed by atoms with Crippen LogP contribution in [0.3, 0.4) is 0 Å². The third kappa shape index (κ3) is 6.67. The molecule has 0 aliphatic carbocycles. The van der Waals surface area contributed by atoms with Gasteiger partial charge in [-0.2, -0.15) is 0 Å². The monoisotopic (exact) mass is 554 g/mol. The van der Waals surface area contributed by atoms with E-state index in [0.717, 1.165) is 41.0 Å². The molecule has 0 spiro atoms. The average Bonchev–Trinajstić information content (AvgIpc) is 3.32. The van der Waals surface area contributed by atoms with Crippen molar-refractivity contribution >= 4 is 0 Å². The summed E-state index contributed by atoms with van der Waals surface area (Å²) >= 11 is 0. The molecule has 1 fully saturated rings. The fourth-order valence-electron chi connectivity index (χ4n) is 5.01. The van der Waals surface area contributed by atoms with Gasteiger partial charge in [0.05, 0.1) is 19.4 Å². The maximum Gasteiger partial charge on any atom is 0.239 e. The van der Waals surface area contributed by atoms with Crippen LogP contribution in [0.2, 0.25) is 0 Å². The molecule has 2 aromatic carbocycles. The van der Waals surface area contributed by atoms with Crippen LogP contribution in [0.4, 0.5) is 0 Å². The molecule has 1 aliphatic heterocycles. The summed E-state index contributed by atoms with van der Waals surface area (Å²) in [5.74, 6) is 0.995. The van der Waals surface area contributed by atoms with Gasteiger partial charge in [-0.3, -0.25) is 4.68 Å². The number of nitrogens with zero attached hydrogens (tertiary/aromatic N) is 2. The van der Waals surface area contributed by atoms with Gasteiger partial charge >= 0.3 is 0 Å². The number of aliphatic hydroxyl groups excluding tert-OH is 4. The van der Waals surface area contributed by atoms with Crippen molar-refractivity contribution in [3.05, 3.63) is 65.2 Å². The lowest BCUT2D eigenvalue weighted by atomic mass is 9.98. The molecular formula is C31H42N2O7. The Balaban J connectivity index is 1.75. The van der Waals surface area contributed by atoms with Crippen LogP contribution in [0.5, 0.6) is 11.6 Å².